The van der Waals surface area contributed by atoms with Crippen molar-refractivity contribution < 1.29 is 23.5 Å². The van der Waals surface area contributed by atoms with Crippen LogP contribution in [-0.2, 0) is 20.9 Å². The lowest BCUT2D eigenvalue weighted by molar-refractivity contribution is -0.142. The average molecular weight is 387 g/mol. The molecule has 0 unspecified atom stereocenters. The molecule has 0 radical (unpaired) electrons. The van der Waals surface area contributed by atoms with Crippen molar-refractivity contribution in [3.8, 4) is 0 Å². The number of nitrogens with zero attached hydrogens (tertiary/aromatic N) is 1. The van der Waals surface area contributed by atoms with Crippen molar-refractivity contribution in [1.29, 1.82) is 0 Å². The number of hydrogen-bond donors (Lipinski definition) is 0. The van der Waals surface area contributed by atoms with Crippen molar-refractivity contribution in [2.45, 2.75) is 64.7 Å². The Hall–Kier alpha value is -2.34. The number of rotatable bonds is 7. The number of para-hydroxylation sites is 1. The van der Waals surface area contributed by atoms with Gasteiger partial charge < -0.3 is 18.8 Å². The van der Waals surface area contributed by atoms with Crippen molar-refractivity contribution in [2.75, 3.05) is 13.7 Å². The van der Waals surface area contributed by atoms with Gasteiger partial charge in [0.15, 0.2) is 6.10 Å². The van der Waals surface area contributed by atoms with E-state index in [9.17, 15) is 9.59 Å². The molecule has 152 valence electrons. The maximum atomic E-state index is 12.9. The van der Waals surface area contributed by atoms with Crippen LogP contribution < -0.4 is 0 Å². The zero-order valence-corrected chi connectivity index (χ0v) is 16.9. The molecule has 1 aromatic carbocycles. The molecule has 1 aliphatic carbocycles. The molecule has 0 bridgehead atoms. The molecule has 0 N–H and O–H groups in total. The predicted octanol–water partition coefficient (Wildman–Crippen LogP) is 4.31. The van der Waals surface area contributed by atoms with Gasteiger partial charge in [0.25, 0.3) is 5.91 Å². The first-order chi connectivity index (χ1) is 13.6. The second kappa shape index (κ2) is 9.24. The van der Waals surface area contributed by atoms with Gasteiger partial charge in [0, 0.05) is 30.6 Å². The van der Waals surface area contributed by atoms with Crippen molar-refractivity contribution in [1.82, 2.24) is 4.90 Å². The number of amides is 1. The Labute approximate surface area is 165 Å². The highest BCUT2D eigenvalue weighted by molar-refractivity contribution is 5.97. The standard InChI is InChI=1S/C22H29NO5/c1-4-23(16-10-6-5-7-11-16)21(24)15(2)27-22(25)20-18(14-26-3)17-12-8-9-13-19(17)28-20/h8-9,12-13,15-16H,4-7,10-11,14H2,1-3H3/t15-/m0/s1. The first-order valence-electron chi connectivity index (χ1n) is 10.1. The molecule has 1 aromatic heterocycles. The van der Waals surface area contributed by atoms with E-state index in [0.29, 0.717) is 17.7 Å². The summed E-state index contributed by atoms with van der Waals surface area (Å²) in [5.74, 6) is -0.681. The molecule has 1 atom stereocenters. The van der Waals surface area contributed by atoms with Gasteiger partial charge in [0.05, 0.1) is 6.61 Å². The van der Waals surface area contributed by atoms with Gasteiger partial charge in [-0.3, -0.25) is 4.79 Å². The van der Waals surface area contributed by atoms with E-state index < -0.39 is 12.1 Å². The summed E-state index contributed by atoms with van der Waals surface area (Å²) in [5, 5.41) is 0.813. The van der Waals surface area contributed by atoms with Crippen LogP contribution in [0.4, 0.5) is 0 Å². The summed E-state index contributed by atoms with van der Waals surface area (Å²) in [6.45, 7) is 4.44. The molecule has 2 aromatic rings. The minimum atomic E-state index is -0.863. The van der Waals surface area contributed by atoms with Gasteiger partial charge in [-0.25, -0.2) is 4.79 Å². The molecule has 6 heteroatoms. The summed E-state index contributed by atoms with van der Waals surface area (Å²) in [4.78, 5) is 27.5. The third-order valence-electron chi connectivity index (χ3n) is 5.44. The molecular weight excluding hydrogens is 358 g/mol. The van der Waals surface area contributed by atoms with Gasteiger partial charge in [-0.2, -0.15) is 0 Å². The summed E-state index contributed by atoms with van der Waals surface area (Å²) in [6, 6.07) is 7.62. The van der Waals surface area contributed by atoms with Crippen LogP contribution in [0.2, 0.25) is 0 Å². The first-order valence-corrected chi connectivity index (χ1v) is 10.1. The third kappa shape index (κ3) is 4.22. The lowest BCUT2D eigenvalue weighted by atomic mass is 9.94. The van der Waals surface area contributed by atoms with Crippen LogP contribution in [-0.4, -0.2) is 42.6 Å². The van der Waals surface area contributed by atoms with Crippen LogP contribution in [0.3, 0.4) is 0 Å². The molecule has 1 fully saturated rings. The maximum Gasteiger partial charge on any atom is 0.375 e. The average Bonchev–Trinajstić information content (AvgIpc) is 3.08. The molecule has 1 heterocycles. The largest absolute Gasteiger partial charge is 0.449 e. The Balaban J connectivity index is 1.75. The Morgan fingerprint density at radius 1 is 1.21 bits per heavy atom. The quantitative estimate of drug-likeness (QED) is 0.662. The van der Waals surface area contributed by atoms with Gasteiger partial charge in [-0.15, -0.1) is 0 Å². The van der Waals surface area contributed by atoms with Crippen LogP contribution in [0.5, 0.6) is 0 Å². The summed E-state index contributed by atoms with van der Waals surface area (Å²) < 4.78 is 16.5. The number of benzene rings is 1. The van der Waals surface area contributed by atoms with E-state index in [0.717, 1.165) is 31.1 Å². The fourth-order valence-corrected chi connectivity index (χ4v) is 4.04. The highest BCUT2D eigenvalue weighted by Crippen LogP contribution is 2.28. The van der Waals surface area contributed by atoms with Crippen LogP contribution in [0.15, 0.2) is 28.7 Å². The smallest absolute Gasteiger partial charge is 0.375 e. The molecule has 6 nitrogen and oxygen atoms in total. The summed E-state index contributed by atoms with van der Waals surface area (Å²) in [7, 11) is 1.56. The summed E-state index contributed by atoms with van der Waals surface area (Å²) in [5.41, 5.74) is 1.24. The highest BCUT2D eigenvalue weighted by Gasteiger charge is 2.31. The van der Waals surface area contributed by atoms with E-state index in [1.54, 1.807) is 20.1 Å². The van der Waals surface area contributed by atoms with E-state index in [4.69, 9.17) is 13.9 Å². The monoisotopic (exact) mass is 387 g/mol. The molecule has 1 saturated carbocycles. The number of fused-ring (bicyclic) bond motifs is 1. The fraction of sp³-hybridized carbons (Fsp3) is 0.545. The van der Waals surface area contributed by atoms with Gasteiger partial charge >= 0.3 is 5.97 Å². The summed E-state index contributed by atoms with van der Waals surface area (Å²) >= 11 is 0. The van der Waals surface area contributed by atoms with Crippen LogP contribution in [0, 0.1) is 0 Å². The number of ether oxygens (including phenoxy) is 2. The van der Waals surface area contributed by atoms with Gasteiger partial charge in [0.2, 0.25) is 5.76 Å². The number of carbonyl (C=O) groups is 2. The van der Waals surface area contributed by atoms with Crippen molar-refractivity contribution in [3.63, 3.8) is 0 Å². The SMILES string of the molecule is CCN(C(=O)[C@H](C)OC(=O)c1oc2ccccc2c1COC)C1CCCCC1. The van der Waals surface area contributed by atoms with Crippen LogP contribution in [0.25, 0.3) is 11.0 Å². The van der Waals surface area contributed by atoms with E-state index in [-0.39, 0.29) is 24.3 Å². The van der Waals surface area contributed by atoms with Gasteiger partial charge in [0.1, 0.15) is 5.58 Å². The number of esters is 1. The molecule has 1 amide bonds. The lowest BCUT2D eigenvalue weighted by Crippen LogP contribution is -2.46. The normalized spacial score (nSPS) is 16.1. The molecular formula is C22H29NO5. The number of likely N-dealkylation sites (N-methyl/N-ethyl adjacent to an activating group) is 1. The second-order valence-electron chi connectivity index (χ2n) is 7.30. The van der Waals surface area contributed by atoms with Crippen molar-refractivity contribution >= 4 is 22.8 Å². The minimum Gasteiger partial charge on any atom is -0.449 e. The first kappa shape index (κ1) is 20.4. The topological polar surface area (TPSA) is 69.0 Å². The molecule has 0 aliphatic heterocycles. The second-order valence-corrected chi connectivity index (χ2v) is 7.30. The Morgan fingerprint density at radius 3 is 2.61 bits per heavy atom. The Bertz CT molecular complexity index is 821. The van der Waals surface area contributed by atoms with E-state index in [1.165, 1.54) is 6.42 Å². The van der Waals surface area contributed by atoms with Crippen LogP contribution >= 0.6 is 0 Å². The zero-order chi connectivity index (χ0) is 20.1. The molecule has 0 saturated heterocycles. The van der Waals surface area contributed by atoms with Crippen LogP contribution in [0.1, 0.15) is 62.1 Å². The molecule has 1 aliphatic rings. The number of carbonyl (C=O) groups excluding carboxylic acids is 2. The zero-order valence-electron chi connectivity index (χ0n) is 16.9. The number of hydrogen-bond acceptors (Lipinski definition) is 5. The van der Waals surface area contributed by atoms with E-state index in [2.05, 4.69) is 0 Å². The van der Waals surface area contributed by atoms with E-state index >= 15 is 0 Å². The van der Waals surface area contributed by atoms with E-state index in [1.807, 2.05) is 30.0 Å². The molecule has 28 heavy (non-hydrogen) atoms. The van der Waals surface area contributed by atoms with Crippen molar-refractivity contribution in [3.05, 3.63) is 35.6 Å². The molecule has 3 rings (SSSR count). The Morgan fingerprint density at radius 2 is 1.93 bits per heavy atom. The fourth-order valence-electron chi connectivity index (χ4n) is 4.04. The van der Waals surface area contributed by atoms with Gasteiger partial charge in [-0.1, -0.05) is 37.5 Å². The number of methoxy groups -OCH3 is 1. The lowest BCUT2D eigenvalue weighted by Gasteiger charge is -2.34. The predicted molar refractivity (Wildman–Crippen MR) is 106 cm³/mol. The summed E-state index contributed by atoms with van der Waals surface area (Å²) in [6.07, 6.45) is 4.67. The minimum absolute atomic E-state index is 0.100. The van der Waals surface area contributed by atoms with Gasteiger partial charge in [-0.05, 0) is 32.8 Å². The molecule has 0 spiro atoms. The van der Waals surface area contributed by atoms with Crippen molar-refractivity contribution in [2.24, 2.45) is 0 Å². The third-order valence-corrected chi connectivity index (χ3v) is 5.44. The number of furan rings is 1. The maximum absolute atomic E-state index is 12.9. The highest BCUT2D eigenvalue weighted by atomic mass is 16.6. The Kier molecular flexibility index (Phi) is 6.73.